The van der Waals surface area contributed by atoms with Crippen molar-refractivity contribution >= 4 is 0 Å². The first-order valence-corrected chi connectivity index (χ1v) is 8.25. The summed E-state index contributed by atoms with van der Waals surface area (Å²) in [7, 11) is 4.52. The predicted octanol–water partition coefficient (Wildman–Crippen LogP) is 1.29. The second-order valence-electron chi connectivity index (χ2n) is 7.36. The van der Waals surface area contributed by atoms with Crippen LogP contribution < -0.4 is 5.32 Å². The Kier molecular flexibility index (Phi) is 5.46. The van der Waals surface area contributed by atoms with Crippen molar-refractivity contribution in [2.45, 2.75) is 69.6 Å². The minimum absolute atomic E-state index is 0.0480. The van der Waals surface area contributed by atoms with Gasteiger partial charge in [-0.1, -0.05) is 13.8 Å². The zero-order valence-corrected chi connectivity index (χ0v) is 13.7. The van der Waals surface area contributed by atoms with Gasteiger partial charge in [-0.3, -0.25) is 4.90 Å². The molecule has 2 N–H and O–H groups in total. The summed E-state index contributed by atoms with van der Waals surface area (Å²) < 4.78 is 0. The summed E-state index contributed by atoms with van der Waals surface area (Å²) >= 11 is 0. The van der Waals surface area contributed by atoms with Gasteiger partial charge < -0.3 is 15.3 Å². The molecule has 0 aromatic carbocycles. The van der Waals surface area contributed by atoms with Crippen molar-refractivity contribution < 1.29 is 5.11 Å². The highest BCUT2D eigenvalue weighted by Crippen LogP contribution is 2.34. The summed E-state index contributed by atoms with van der Waals surface area (Å²) in [6.07, 6.45) is 6.02. The summed E-state index contributed by atoms with van der Waals surface area (Å²) in [6.45, 7) is 7.04. The zero-order chi connectivity index (χ0) is 14.8. The Morgan fingerprint density at radius 1 is 1.35 bits per heavy atom. The molecule has 3 unspecified atom stereocenters. The molecule has 2 rings (SSSR count). The summed E-state index contributed by atoms with van der Waals surface area (Å²) in [5, 5.41) is 13.4. The van der Waals surface area contributed by atoms with E-state index >= 15 is 0 Å². The molecular weight excluding hydrogens is 250 g/mol. The van der Waals surface area contributed by atoms with E-state index in [0.717, 1.165) is 12.8 Å². The van der Waals surface area contributed by atoms with Crippen LogP contribution in [-0.2, 0) is 0 Å². The minimum atomic E-state index is -0.0480. The van der Waals surface area contributed by atoms with E-state index in [2.05, 4.69) is 43.1 Å². The molecule has 4 nitrogen and oxygen atoms in total. The Bertz CT molecular complexity index is 310. The van der Waals surface area contributed by atoms with E-state index in [1.165, 1.54) is 32.4 Å². The van der Waals surface area contributed by atoms with Crippen molar-refractivity contribution in [2.24, 2.45) is 0 Å². The Morgan fingerprint density at radius 3 is 2.70 bits per heavy atom. The third-order valence-electron chi connectivity index (χ3n) is 5.23. The van der Waals surface area contributed by atoms with Crippen LogP contribution in [0.4, 0.5) is 0 Å². The third-order valence-corrected chi connectivity index (χ3v) is 5.23. The number of likely N-dealkylation sites (tertiary alicyclic amines) is 1. The first-order valence-electron chi connectivity index (χ1n) is 8.25. The number of nitrogens with zero attached hydrogens (tertiary/aromatic N) is 2. The number of nitrogens with one attached hydrogen (secondary N) is 1. The third kappa shape index (κ3) is 3.73. The van der Waals surface area contributed by atoms with Gasteiger partial charge in [0, 0.05) is 30.2 Å². The average molecular weight is 283 g/mol. The Labute approximate surface area is 124 Å². The van der Waals surface area contributed by atoms with Gasteiger partial charge in [-0.05, 0) is 52.7 Å². The summed E-state index contributed by atoms with van der Waals surface area (Å²) in [6, 6.07) is 1.74. The molecule has 1 aliphatic carbocycles. The fourth-order valence-electron chi connectivity index (χ4n) is 4.15. The lowest BCUT2D eigenvalue weighted by molar-refractivity contribution is 0.0891. The first kappa shape index (κ1) is 16.2. The van der Waals surface area contributed by atoms with Crippen LogP contribution in [0.25, 0.3) is 0 Å². The van der Waals surface area contributed by atoms with Gasteiger partial charge in [0.2, 0.25) is 0 Å². The van der Waals surface area contributed by atoms with E-state index in [1.54, 1.807) is 0 Å². The summed E-state index contributed by atoms with van der Waals surface area (Å²) in [4.78, 5) is 5.04. The Balaban J connectivity index is 1.93. The molecule has 2 fully saturated rings. The monoisotopic (exact) mass is 283 g/mol. The van der Waals surface area contributed by atoms with Crippen LogP contribution in [0.3, 0.4) is 0 Å². The van der Waals surface area contributed by atoms with Crippen molar-refractivity contribution in [3.05, 3.63) is 0 Å². The maximum absolute atomic E-state index is 9.83. The quantitative estimate of drug-likeness (QED) is 0.797. The van der Waals surface area contributed by atoms with E-state index in [9.17, 15) is 5.11 Å². The Hall–Kier alpha value is -0.160. The van der Waals surface area contributed by atoms with Gasteiger partial charge in [0.25, 0.3) is 0 Å². The molecule has 118 valence electrons. The molecule has 20 heavy (non-hydrogen) atoms. The van der Waals surface area contributed by atoms with Crippen molar-refractivity contribution in [3.8, 4) is 0 Å². The minimum Gasteiger partial charge on any atom is -0.394 e. The largest absolute Gasteiger partial charge is 0.394 e. The molecule has 0 spiro atoms. The highest BCUT2D eigenvalue weighted by Gasteiger charge is 2.41. The van der Waals surface area contributed by atoms with Crippen LogP contribution in [0.2, 0.25) is 0 Å². The average Bonchev–Trinajstić information content (AvgIpc) is 2.82. The number of aliphatic hydroxyl groups is 1. The van der Waals surface area contributed by atoms with Crippen molar-refractivity contribution in [1.29, 1.82) is 0 Å². The van der Waals surface area contributed by atoms with Crippen molar-refractivity contribution in [2.75, 3.05) is 33.8 Å². The molecule has 1 heterocycles. The molecule has 1 saturated heterocycles. The van der Waals surface area contributed by atoms with E-state index in [4.69, 9.17) is 0 Å². The summed E-state index contributed by atoms with van der Waals surface area (Å²) in [5.41, 5.74) is -0.0480. The molecular formula is C16H33N3O. The van der Waals surface area contributed by atoms with Gasteiger partial charge in [0.05, 0.1) is 6.61 Å². The van der Waals surface area contributed by atoms with Crippen LogP contribution in [-0.4, -0.2) is 72.4 Å². The molecule has 1 aliphatic heterocycles. The predicted molar refractivity (Wildman–Crippen MR) is 84.0 cm³/mol. The standard InChI is InChI=1S/C16H33N3O/c1-13(2)17-16(12-20)8-7-14(10-16)19(4)15-6-5-9-18(3)11-15/h13-15,17,20H,5-12H2,1-4H3. The van der Waals surface area contributed by atoms with Crippen LogP contribution in [0, 0.1) is 0 Å². The number of aliphatic hydroxyl groups excluding tert-OH is 1. The lowest BCUT2D eigenvalue weighted by Gasteiger charge is -2.40. The fourth-order valence-corrected chi connectivity index (χ4v) is 4.15. The van der Waals surface area contributed by atoms with Gasteiger partial charge in [-0.15, -0.1) is 0 Å². The maximum Gasteiger partial charge on any atom is 0.0614 e. The second kappa shape index (κ2) is 6.73. The second-order valence-corrected chi connectivity index (χ2v) is 7.36. The molecule has 4 heteroatoms. The number of piperidine rings is 1. The van der Waals surface area contributed by atoms with Gasteiger partial charge in [-0.2, -0.15) is 0 Å². The molecule has 0 aromatic rings. The van der Waals surface area contributed by atoms with Gasteiger partial charge in [-0.25, -0.2) is 0 Å². The van der Waals surface area contributed by atoms with E-state index in [0.29, 0.717) is 18.1 Å². The van der Waals surface area contributed by atoms with Crippen molar-refractivity contribution in [1.82, 2.24) is 15.1 Å². The number of likely N-dealkylation sites (N-methyl/N-ethyl adjacent to an activating group) is 2. The van der Waals surface area contributed by atoms with E-state index in [1.807, 2.05) is 0 Å². The molecule has 0 bridgehead atoms. The smallest absolute Gasteiger partial charge is 0.0614 e. The maximum atomic E-state index is 9.83. The van der Waals surface area contributed by atoms with Crippen LogP contribution in [0.15, 0.2) is 0 Å². The van der Waals surface area contributed by atoms with Gasteiger partial charge in [0.1, 0.15) is 0 Å². The molecule has 1 saturated carbocycles. The molecule has 0 radical (unpaired) electrons. The van der Waals surface area contributed by atoms with Gasteiger partial charge in [0.15, 0.2) is 0 Å². The van der Waals surface area contributed by atoms with E-state index < -0.39 is 0 Å². The molecule has 3 atom stereocenters. The SMILES string of the molecule is CC(C)NC1(CO)CCC(N(C)C2CCCN(C)C2)C1. The highest BCUT2D eigenvalue weighted by atomic mass is 16.3. The number of rotatable bonds is 5. The molecule has 0 aromatic heterocycles. The number of hydrogen-bond donors (Lipinski definition) is 2. The Morgan fingerprint density at radius 2 is 2.10 bits per heavy atom. The summed E-state index contributed by atoms with van der Waals surface area (Å²) in [5.74, 6) is 0. The van der Waals surface area contributed by atoms with Crippen LogP contribution in [0.1, 0.15) is 46.0 Å². The lowest BCUT2D eigenvalue weighted by atomic mass is 9.96. The first-order chi connectivity index (χ1) is 9.46. The normalized spacial score (nSPS) is 36.1. The van der Waals surface area contributed by atoms with Crippen LogP contribution in [0.5, 0.6) is 0 Å². The number of hydrogen-bond acceptors (Lipinski definition) is 4. The van der Waals surface area contributed by atoms with E-state index in [-0.39, 0.29) is 12.1 Å². The highest BCUT2D eigenvalue weighted by molar-refractivity contribution is 5.01. The molecule has 0 amide bonds. The van der Waals surface area contributed by atoms with Crippen molar-refractivity contribution in [3.63, 3.8) is 0 Å². The lowest BCUT2D eigenvalue weighted by Crippen LogP contribution is -2.52. The fraction of sp³-hybridized carbons (Fsp3) is 1.00. The zero-order valence-electron chi connectivity index (χ0n) is 13.7. The molecule has 2 aliphatic rings. The topological polar surface area (TPSA) is 38.7 Å². The van der Waals surface area contributed by atoms with Crippen LogP contribution >= 0.6 is 0 Å². The van der Waals surface area contributed by atoms with Gasteiger partial charge >= 0.3 is 0 Å².